The predicted molar refractivity (Wildman–Crippen MR) is 73.0 cm³/mol. The van der Waals surface area contributed by atoms with Crippen LogP contribution in [0.3, 0.4) is 0 Å². The molecule has 3 N–H and O–H groups in total. The van der Waals surface area contributed by atoms with Gasteiger partial charge in [0.2, 0.25) is 0 Å². The third-order valence-electron chi connectivity index (χ3n) is 3.82. The van der Waals surface area contributed by atoms with E-state index in [9.17, 15) is 0 Å². The molecule has 0 aromatic heterocycles. The Hall–Kier alpha value is -0.120. The zero-order valence-electron chi connectivity index (χ0n) is 11.8. The molecule has 102 valence electrons. The first-order valence-electron chi connectivity index (χ1n) is 7.04. The summed E-state index contributed by atoms with van der Waals surface area (Å²) in [5.74, 6) is 1.36. The third-order valence-corrected chi connectivity index (χ3v) is 3.82. The average molecular weight is 242 g/mol. The molecule has 1 heterocycles. The summed E-state index contributed by atoms with van der Waals surface area (Å²) in [6.07, 6.45) is 3.58. The standard InChI is InChI=1S/C14H30N2O/c1-12(2)8-13(9-15)10-16-11-14(3)4-6-17-7-5-14/h12-13,16H,4-11,15H2,1-3H3. The van der Waals surface area contributed by atoms with Crippen molar-refractivity contribution in [2.24, 2.45) is 23.0 Å². The lowest BCUT2D eigenvalue weighted by molar-refractivity contribution is 0.0237. The Balaban J connectivity index is 2.20. The minimum absolute atomic E-state index is 0.426. The Bertz CT molecular complexity index is 200. The van der Waals surface area contributed by atoms with E-state index in [0.717, 1.165) is 38.8 Å². The van der Waals surface area contributed by atoms with E-state index in [1.165, 1.54) is 19.3 Å². The topological polar surface area (TPSA) is 47.3 Å². The number of rotatable bonds is 7. The van der Waals surface area contributed by atoms with Crippen molar-refractivity contribution in [2.45, 2.75) is 40.0 Å². The Kier molecular flexibility index (Phi) is 6.45. The zero-order valence-corrected chi connectivity index (χ0v) is 11.8. The summed E-state index contributed by atoms with van der Waals surface area (Å²) in [6.45, 7) is 11.7. The van der Waals surface area contributed by atoms with Crippen molar-refractivity contribution in [1.29, 1.82) is 0 Å². The summed E-state index contributed by atoms with van der Waals surface area (Å²) in [5, 5.41) is 3.62. The van der Waals surface area contributed by atoms with E-state index in [1.807, 2.05) is 0 Å². The minimum Gasteiger partial charge on any atom is -0.381 e. The van der Waals surface area contributed by atoms with Crippen LogP contribution in [0.2, 0.25) is 0 Å². The molecule has 0 aromatic rings. The van der Waals surface area contributed by atoms with E-state index < -0.39 is 0 Å². The summed E-state index contributed by atoms with van der Waals surface area (Å²) in [5.41, 5.74) is 6.24. The van der Waals surface area contributed by atoms with Crippen LogP contribution in [0.4, 0.5) is 0 Å². The molecule has 1 aliphatic rings. The fraction of sp³-hybridized carbons (Fsp3) is 1.00. The van der Waals surface area contributed by atoms with Crippen molar-refractivity contribution in [3.8, 4) is 0 Å². The molecule has 0 bridgehead atoms. The number of hydrogen-bond donors (Lipinski definition) is 2. The van der Waals surface area contributed by atoms with Gasteiger partial charge < -0.3 is 15.8 Å². The van der Waals surface area contributed by atoms with Gasteiger partial charge in [-0.15, -0.1) is 0 Å². The number of nitrogens with one attached hydrogen (secondary N) is 1. The maximum Gasteiger partial charge on any atom is 0.0471 e. The summed E-state index contributed by atoms with van der Waals surface area (Å²) in [6, 6.07) is 0. The van der Waals surface area contributed by atoms with Crippen molar-refractivity contribution in [2.75, 3.05) is 32.8 Å². The van der Waals surface area contributed by atoms with E-state index in [1.54, 1.807) is 0 Å². The largest absolute Gasteiger partial charge is 0.381 e. The molecule has 1 saturated heterocycles. The fourth-order valence-corrected chi connectivity index (χ4v) is 2.55. The molecule has 17 heavy (non-hydrogen) atoms. The van der Waals surface area contributed by atoms with Gasteiger partial charge in [0, 0.05) is 19.8 Å². The SMILES string of the molecule is CC(C)CC(CN)CNCC1(C)CCOCC1. The first-order valence-corrected chi connectivity index (χ1v) is 7.04. The summed E-state index contributed by atoms with van der Waals surface area (Å²) in [4.78, 5) is 0. The van der Waals surface area contributed by atoms with E-state index in [-0.39, 0.29) is 0 Å². The molecule has 1 fully saturated rings. The molecular weight excluding hydrogens is 212 g/mol. The van der Waals surface area contributed by atoms with Gasteiger partial charge in [0.1, 0.15) is 0 Å². The molecule has 0 amide bonds. The normalized spacial score (nSPS) is 21.7. The van der Waals surface area contributed by atoms with Crippen LogP contribution < -0.4 is 11.1 Å². The smallest absolute Gasteiger partial charge is 0.0471 e. The molecular formula is C14H30N2O. The zero-order chi connectivity index (χ0) is 12.7. The van der Waals surface area contributed by atoms with Gasteiger partial charge in [-0.1, -0.05) is 20.8 Å². The number of hydrogen-bond acceptors (Lipinski definition) is 3. The van der Waals surface area contributed by atoms with E-state index >= 15 is 0 Å². The van der Waals surface area contributed by atoms with Crippen molar-refractivity contribution in [1.82, 2.24) is 5.32 Å². The van der Waals surface area contributed by atoms with Gasteiger partial charge in [0.05, 0.1) is 0 Å². The van der Waals surface area contributed by atoms with Gasteiger partial charge >= 0.3 is 0 Å². The van der Waals surface area contributed by atoms with Gasteiger partial charge in [-0.3, -0.25) is 0 Å². The second-order valence-corrected chi connectivity index (χ2v) is 6.29. The molecule has 0 saturated carbocycles. The molecule has 1 aliphatic heterocycles. The monoisotopic (exact) mass is 242 g/mol. The second-order valence-electron chi connectivity index (χ2n) is 6.29. The van der Waals surface area contributed by atoms with Gasteiger partial charge in [0.25, 0.3) is 0 Å². The first kappa shape index (κ1) is 14.9. The van der Waals surface area contributed by atoms with E-state index in [2.05, 4.69) is 26.1 Å². The molecule has 0 spiro atoms. The molecule has 3 nitrogen and oxygen atoms in total. The Morgan fingerprint density at radius 3 is 2.47 bits per heavy atom. The summed E-state index contributed by atoms with van der Waals surface area (Å²) in [7, 11) is 0. The lowest BCUT2D eigenvalue weighted by Crippen LogP contribution is -2.39. The van der Waals surface area contributed by atoms with Crippen LogP contribution in [0.5, 0.6) is 0 Å². The van der Waals surface area contributed by atoms with E-state index in [4.69, 9.17) is 10.5 Å². The van der Waals surface area contributed by atoms with Gasteiger partial charge in [0.15, 0.2) is 0 Å². The van der Waals surface area contributed by atoms with Gasteiger partial charge in [-0.2, -0.15) is 0 Å². The van der Waals surface area contributed by atoms with Crippen LogP contribution in [-0.4, -0.2) is 32.8 Å². The average Bonchev–Trinajstić information content (AvgIpc) is 2.28. The van der Waals surface area contributed by atoms with Crippen LogP contribution in [0.1, 0.15) is 40.0 Å². The van der Waals surface area contributed by atoms with Crippen LogP contribution in [-0.2, 0) is 4.74 Å². The quantitative estimate of drug-likeness (QED) is 0.718. The van der Waals surface area contributed by atoms with Crippen molar-refractivity contribution < 1.29 is 4.74 Å². The van der Waals surface area contributed by atoms with Gasteiger partial charge in [-0.25, -0.2) is 0 Å². The summed E-state index contributed by atoms with van der Waals surface area (Å²) >= 11 is 0. The van der Waals surface area contributed by atoms with Crippen molar-refractivity contribution >= 4 is 0 Å². The second kappa shape index (κ2) is 7.34. The van der Waals surface area contributed by atoms with Crippen LogP contribution in [0, 0.1) is 17.3 Å². The number of ether oxygens (including phenoxy) is 1. The molecule has 3 heteroatoms. The maximum absolute atomic E-state index is 5.81. The van der Waals surface area contributed by atoms with Crippen LogP contribution in [0.25, 0.3) is 0 Å². The highest BCUT2D eigenvalue weighted by atomic mass is 16.5. The Morgan fingerprint density at radius 2 is 1.94 bits per heavy atom. The van der Waals surface area contributed by atoms with Crippen molar-refractivity contribution in [3.05, 3.63) is 0 Å². The highest BCUT2D eigenvalue weighted by molar-refractivity contribution is 4.80. The fourth-order valence-electron chi connectivity index (χ4n) is 2.55. The molecule has 1 rings (SSSR count). The summed E-state index contributed by atoms with van der Waals surface area (Å²) < 4.78 is 5.42. The van der Waals surface area contributed by atoms with Gasteiger partial charge in [-0.05, 0) is 49.6 Å². The molecule has 1 atom stereocenters. The predicted octanol–water partition coefficient (Wildman–Crippen LogP) is 2.01. The highest BCUT2D eigenvalue weighted by Gasteiger charge is 2.26. The third kappa shape index (κ3) is 5.84. The molecule has 0 aromatic carbocycles. The first-order chi connectivity index (χ1) is 8.06. The molecule has 0 radical (unpaired) electrons. The van der Waals surface area contributed by atoms with Crippen molar-refractivity contribution in [3.63, 3.8) is 0 Å². The van der Waals surface area contributed by atoms with Crippen LogP contribution >= 0.6 is 0 Å². The van der Waals surface area contributed by atoms with Crippen LogP contribution in [0.15, 0.2) is 0 Å². The lowest BCUT2D eigenvalue weighted by Gasteiger charge is -2.34. The highest BCUT2D eigenvalue weighted by Crippen LogP contribution is 2.28. The van der Waals surface area contributed by atoms with E-state index in [0.29, 0.717) is 11.3 Å². The molecule has 1 unspecified atom stereocenters. The minimum atomic E-state index is 0.426. The lowest BCUT2D eigenvalue weighted by atomic mass is 9.82. The number of nitrogens with two attached hydrogens (primary N) is 1. The Morgan fingerprint density at radius 1 is 1.29 bits per heavy atom. The molecule has 0 aliphatic carbocycles. The Labute approximate surface area is 106 Å². The maximum atomic E-state index is 5.81.